The Morgan fingerprint density at radius 3 is 2.23 bits per heavy atom. The average Bonchev–Trinajstić information content (AvgIpc) is 3.81. The van der Waals surface area contributed by atoms with Crippen LogP contribution in [-0.4, -0.2) is 75.0 Å². The summed E-state index contributed by atoms with van der Waals surface area (Å²) in [7, 11) is 3.38. The normalized spacial score (nSPS) is 13.4. The van der Waals surface area contributed by atoms with Crippen LogP contribution in [0, 0.1) is 12.8 Å². The summed E-state index contributed by atoms with van der Waals surface area (Å²) in [6.45, 7) is 17.8. The Morgan fingerprint density at radius 1 is 0.849 bits per heavy atom. The van der Waals surface area contributed by atoms with Crippen molar-refractivity contribution in [3.8, 4) is 28.1 Å². The van der Waals surface area contributed by atoms with Crippen LogP contribution in [0.25, 0.3) is 44.2 Å². The molecule has 10 nitrogen and oxygen atoms in total. The van der Waals surface area contributed by atoms with Crippen LogP contribution in [0.5, 0.6) is 5.75 Å². The van der Waals surface area contributed by atoms with Gasteiger partial charge in [0.25, 0.3) is 0 Å². The second kappa shape index (κ2) is 17.4. The van der Waals surface area contributed by atoms with Crippen molar-refractivity contribution in [3.05, 3.63) is 65.9 Å². The molecule has 0 unspecified atom stereocenters. The first-order valence-corrected chi connectivity index (χ1v) is 19.2. The summed E-state index contributed by atoms with van der Waals surface area (Å²) < 4.78 is 11.5. The van der Waals surface area contributed by atoms with Gasteiger partial charge in [0, 0.05) is 37.4 Å². The third kappa shape index (κ3) is 8.43. The number of amides is 2. The first-order valence-electron chi connectivity index (χ1n) is 19.2. The van der Waals surface area contributed by atoms with Gasteiger partial charge in [0.05, 0.1) is 54.8 Å². The Morgan fingerprint density at radius 2 is 1.58 bits per heavy atom. The molecule has 3 atom stereocenters. The molecule has 0 radical (unpaired) electrons. The number of aromatic amines is 2. The second-order valence-corrected chi connectivity index (χ2v) is 14.7. The smallest absolute Gasteiger partial charge is 0.223 e. The fourth-order valence-corrected chi connectivity index (χ4v) is 7.42. The van der Waals surface area contributed by atoms with Crippen molar-refractivity contribution in [2.24, 2.45) is 5.92 Å². The fourth-order valence-electron chi connectivity index (χ4n) is 7.42. The lowest BCUT2D eigenvalue weighted by Crippen LogP contribution is -2.44. The zero-order valence-electron chi connectivity index (χ0n) is 33.3. The van der Waals surface area contributed by atoms with E-state index in [9.17, 15) is 9.59 Å². The number of carbonyl (C=O) groups is 2. The van der Waals surface area contributed by atoms with Crippen LogP contribution in [0.2, 0.25) is 0 Å². The molecular weight excluding hydrogens is 665 g/mol. The minimum atomic E-state index is -0.254. The topological polar surface area (TPSA) is 116 Å². The zero-order valence-corrected chi connectivity index (χ0v) is 33.3. The quantitative estimate of drug-likeness (QED) is 0.0988. The molecule has 2 aromatic heterocycles. The number of carbonyl (C=O) groups excluding carboxylic acids is 2. The number of H-pyrrole nitrogens is 2. The van der Waals surface area contributed by atoms with Crippen molar-refractivity contribution in [2.45, 2.75) is 106 Å². The van der Waals surface area contributed by atoms with Crippen molar-refractivity contribution in [1.82, 2.24) is 29.7 Å². The molecule has 0 aliphatic rings. The molecule has 53 heavy (non-hydrogen) atoms. The molecule has 5 aromatic rings. The summed E-state index contributed by atoms with van der Waals surface area (Å²) in [4.78, 5) is 47.1. The van der Waals surface area contributed by atoms with Crippen molar-refractivity contribution in [1.29, 1.82) is 0 Å². The van der Waals surface area contributed by atoms with E-state index >= 15 is 0 Å². The van der Waals surface area contributed by atoms with Gasteiger partial charge in [-0.1, -0.05) is 52.8 Å². The molecule has 2 heterocycles. The molecule has 2 amide bonds. The maximum absolute atomic E-state index is 13.4. The number of aromatic nitrogens is 4. The van der Waals surface area contributed by atoms with Crippen LogP contribution in [-0.2, 0) is 14.3 Å². The van der Waals surface area contributed by atoms with Gasteiger partial charge in [-0.25, -0.2) is 9.97 Å². The SMILES string of the molecule is CCCC(=O)N(CC(C)C)[C@@H](C)c1ncc(-c2ccc(-c3cc4ccc5[nH]c([C@H](C)N(C(=O)CCC)[C@H](CC)COC)nc5c4cc3OC)c(C)c2)[nH]1. The summed E-state index contributed by atoms with van der Waals surface area (Å²) in [6, 6.07) is 14.4. The van der Waals surface area contributed by atoms with E-state index in [0.717, 1.165) is 86.4 Å². The third-order valence-corrected chi connectivity index (χ3v) is 10.2. The Hall–Kier alpha value is -4.70. The van der Waals surface area contributed by atoms with Gasteiger partial charge in [-0.05, 0) is 92.3 Å². The molecule has 10 heteroatoms. The van der Waals surface area contributed by atoms with Gasteiger partial charge >= 0.3 is 0 Å². The van der Waals surface area contributed by atoms with Gasteiger partial charge in [-0.15, -0.1) is 0 Å². The first-order chi connectivity index (χ1) is 25.4. The number of ether oxygens (including phenoxy) is 2. The predicted molar refractivity (Wildman–Crippen MR) is 214 cm³/mol. The van der Waals surface area contributed by atoms with Crippen molar-refractivity contribution < 1.29 is 19.1 Å². The highest BCUT2D eigenvalue weighted by Crippen LogP contribution is 2.39. The number of hydrogen-bond acceptors (Lipinski definition) is 6. The Kier molecular flexibility index (Phi) is 13.0. The molecule has 0 spiro atoms. The van der Waals surface area contributed by atoms with Gasteiger partial charge in [-0.3, -0.25) is 9.59 Å². The summed E-state index contributed by atoms with van der Waals surface area (Å²) in [5, 5.41) is 2.02. The minimum Gasteiger partial charge on any atom is -0.496 e. The van der Waals surface area contributed by atoms with Crippen LogP contribution in [0.15, 0.2) is 48.7 Å². The molecule has 2 N–H and O–H groups in total. The van der Waals surface area contributed by atoms with Gasteiger partial charge in [-0.2, -0.15) is 0 Å². The third-order valence-electron chi connectivity index (χ3n) is 10.2. The van der Waals surface area contributed by atoms with E-state index in [1.807, 2.05) is 43.7 Å². The van der Waals surface area contributed by atoms with Gasteiger partial charge in [0.1, 0.15) is 17.4 Å². The summed E-state index contributed by atoms with van der Waals surface area (Å²) >= 11 is 0. The van der Waals surface area contributed by atoms with E-state index in [0.29, 0.717) is 31.9 Å². The number of methoxy groups -OCH3 is 2. The van der Waals surface area contributed by atoms with E-state index in [4.69, 9.17) is 19.4 Å². The van der Waals surface area contributed by atoms with Crippen LogP contribution in [0.3, 0.4) is 0 Å². The second-order valence-electron chi connectivity index (χ2n) is 14.7. The van der Waals surface area contributed by atoms with Crippen molar-refractivity contribution in [2.75, 3.05) is 27.4 Å². The lowest BCUT2D eigenvalue weighted by Gasteiger charge is -2.35. The summed E-state index contributed by atoms with van der Waals surface area (Å²) in [6.07, 6.45) is 5.26. The van der Waals surface area contributed by atoms with E-state index in [2.05, 4.69) is 80.1 Å². The molecule has 0 aliphatic heterocycles. The van der Waals surface area contributed by atoms with Crippen LogP contribution >= 0.6 is 0 Å². The van der Waals surface area contributed by atoms with Gasteiger partial charge < -0.3 is 29.2 Å². The number of imidazole rings is 2. The fraction of sp³-hybridized carbons (Fsp3) is 0.488. The Balaban J connectivity index is 1.47. The van der Waals surface area contributed by atoms with Crippen LogP contribution in [0.1, 0.15) is 110 Å². The first kappa shape index (κ1) is 39.5. The number of nitrogens with one attached hydrogen (secondary N) is 2. The number of aryl methyl sites for hydroxylation is 1. The minimum absolute atomic E-state index is 0.0449. The monoisotopic (exact) mass is 722 g/mol. The maximum Gasteiger partial charge on any atom is 0.223 e. The highest BCUT2D eigenvalue weighted by Gasteiger charge is 2.30. The van der Waals surface area contributed by atoms with E-state index in [-0.39, 0.29) is 29.9 Å². The van der Waals surface area contributed by atoms with Gasteiger partial charge in [0.2, 0.25) is 11.8 Å². The van der Waals surface area contributed by atoms with Crippen molar-refractivity contribution in [3.63, 3.8) is 0 Å². The molecule has 0 fully saturated rings. The molecule has 284 valence electrons. The molecule has 0 bridgehead atoms. The van der Waals surface area contributed by atoms with E-state index in [1.165, 1.54) is 0 Å². The van der Waals surface area contributed by atoms with E-state index < -0.39 is 0 Å². The maximum atomic E-state index is 13.4. The van der Waals surface area contributed by atoms with Crippen LogP contribution in [0.4, 0.5) is 0 Å². The number of rotatable bonds is 17. The van der Waals surface area contributed by atoms with Gasteiger partial charge in [0.15, 0.2) is 0 Å². The lowest BCUT2D eigenvalue weighted by atomic mass is 9.94. The molecular formula is C43H58N6O4. The lowest BCUT2D eigenvalue weighted by molar-refractivity contribution is -0.138. The average molecular weight is 723 g/mol. The Labute approximate surface area is 314 Å². The van der Waals surface area contributed by atoms with Crippen LogP contribution < -0.4 is 4.74 Å². The van der Waals surface area contributed by atoms with E-state index in [1.54, 1.807) is 14.2 Å². The highest BCUT2D eigenvalue weighted by molar-refractivity contribution is 6.07. The molecule has 0 saturated heterocycles. The zero-order chi connectivity index (χ0) is 38.4. The molecule has 3 aromatic carbocycles. The molecule has 5 rings (SSSR count). The van der Waals surface area contributed by atoms with Crippen molar-refractivity contribution >= 4 is 33.6 Å². The standard InChI is InChI=1S/C43H58N6O4/c1-11-14-39(50)48(24-26(4)5)28(7)42-44-23-37(46-42)31-16-18-33(27(6)20-31)35-21-30-17-19-36-41(34(30)22-38(35)53-10)47-43(45-36)29(8)49(40(51)15-12-2)32(13-3)25-52-9/h16-23,26,28-29,32H,11-15,24-25H2,1-10H3,(H,44,46)(H,45,47)/t28-,29-,32+/m0/s1. The highest BCUT2D eigenvalue weighted by atomic mass is 16.5. The summed E-state index contributed by atoms with van der Waals surface area (Å²) in [5.41, 5.74) is 6.84. The number of hydrogen-bond donors (Lipinski definition) is 2. The number of nitrogens with zero attached hydrogens (tertiary/aromatic N) is 4. The number of benzene rings is 3. The summed E-state index contributed by atoms with van der Waals surface area (Å²) in [5.74, 6) is 2.91. The molecule has 0 aliphatic carbocycles. The Bertz CT molecular complexity index is 2030. The predicted octanol–water partition coefficient (Wildman–Crippen LogP) is 9.55. The molecule has 0 saturated carbocycles. The largest absolute Gasteiger partial charge is 0.496 e. The number of fused-ring (bicyclic) bond motifs is 3.